The number of nitrogens with zero attached hydrogens (tertiary/aromatic N) is 1. The zero-order chi connectivity index (χ0) is 13.8. The van der Waals surface area contributed by atoms with Gasteiger partial charge in [0.25, 0.3) is 0 Å². The predicted molar refractivity (Wildman–Crippen MR) is 70.3 cm³/mol. The maximum Gasteiger partial charge on any atom is 0.410 e. The lowest BCUT2D eigenvalue weighted by atomic mass is 9.96. The van der Waals surface area contributed by atoms with Crippen LogP contribution in [0.25, 0.3) is 0 Å². The van der Waals surface area contributed by atoms with Gasteiger partial charge in [0.15, 0.2) is 0 Å². The molecule has 0 aromatic carbocycles. The van der Waals surface area contributed by atoms with Crippen molar-refractivity contribution in [2.24, 2.45) is 5.73 Å². The summed E-state index contributed by atoms with van der Waals surface area (Å²) < 4.78 is 5.38. The van der Waals surface area contributed by atoms with Crippen LogP contribution in [0, 0.1) is 0 Å². The van der Waals surface area contributed by atoms with Crippen LogP contribution in [-0.4, -0.2) is 46.9 Å². The first kappa shape index (κ1) is 15.2. The summed E-state index contributed by atoms with van der Waals surface area (Å²) in [6.07, 6.45) is 2.45. The molecule has 5 nitrogen and oxygen atoms in total. The van der Waals surface area contributed by atoms with E-state index in [1.54, 1.807) is 4.90 Å². The molecule has 0 bridgehead atoms. The van der Waals surface area contributed by atoms with Gasteiger partial charge in [0.1, 0.15) is 5.60 Å². The number of likely N-dealkylation sites (tertiary alicyclic amines) is 1. The maximum atomic E-state index is 12.1. The standard InChI is InChI=1S/C13H26N2O3/c1-13(2,3)18-12(17)15-9-5-4-6-10(15)11(16)7-8-14/h10-11,16H,4-9,14H2,1-3H3/t10?,11-/m1/s1. The molecule has 1 aliphatic rings. The Bertz CT molecular complexity index is 276. The first-order valence-corrected chi connectivity index (χ1v) is 6.73. The Morgan fingerprint density at radius 2 is 2.17 bits per heavy atom. The number of amides is 1. The highest BCUT2D eigenvalue weighted by Crippen LogP contribution is 2.23. The van der Waals surface area contributed by atoms with E-state index in [0.29, 0.717) is 19.5 Å². The van der Waals surface area contributed by atoms with Crippen LogP contribution in [-0.2, 0) is 4.74 Å². The number of piperidine rings is 1. The molecule has 1 amide bonds. The summed E-state index contributed by atoms with van der Waals surface area (Å²) in [6, 6.07) is -0.155. The first-order valence-electron chi connectivity index (χ1n) is 6.73. The molecule has 3 N–H and O–H groups in total. The lowest BCUT2D eigenvalue weighted by molar-refractivity contribution is -0.0174. The molecule has 1 heterocycles. The molecular weight excluding hydrogens is 232 g/mol. The second-order valence-corrected chi connectivity index (χ2v) is 5.88. The topological polar surface area (TPSA) is 75.8 Å². The van der Waals surface area contributed by atoms with Crippen LogP contribution in [0.2, 0.25) is 0 Å². The predicted octanol–water partition coefficient (Wildman–Crippen LogP) is 1.49. The minimum Gasteiger partial charge on any atom is -0.444 e. The van der Waals surface area contributed by atoms with E-state index in [-0.39, 0.29) is 12.1 Å². The van der Waals surface area contributed by atoms with E-state index in [9.17, 15) is 9.90 Å². The highest BCUT2D eigenvalue weighted by molar-refractivity contribution is 5.68. The van der Waals surface area contributed by atoms with Crippen LogP contribution in [0.5, 0.6) is 0 Å². The Morgan fingerprint density at radius 3 is 2.72 bits per heavy atom. The molecule has 5 heteroatoms. The Labute approximate surface area is 109 Å². The molecule has 1 fully saturated rings. The van der Waals surface area contributed by atoms with Gasteiger partial charge in [0, 0.05) is 6.54 Å². The average molecular weight is 258 g/mol. The number of carbonyl (C=O) groups is 1. The Morgan fingerprint density at radius 1 is 1.50 bits per heavy atom. The zero-order valence-electron chi connectivity index (χ0n) is 11.7. The molecule has 0 aromatic heterocycles. The smallest absolute Gasteiger partial charge is 0.410 e. The van der Waals surface area contributed by atoms with Crippen LogP contribution in [0.1, 0.15) is 46.5 Å². The van der Waals surface area contributed by atoms with Gasteiger partial charge in [-0.05, 0) is 53.0 Å². The van der Waals surface area contributed by atoms with E-state index < -0.39 is 11.7 Å². The molecule has 1 rings (SSSR count). The molecule has 0 radical (unpaired) electrons. The lowest BCUT2D eigenvalue weighted by Gasteiger charge is -2.39. The Balaban J connectivity index is 2.67. The van der Waals surface area contributed by atoms with Crippen LogP contribution >= 0.6 is 0 Å². The number of aliphatic hydroxyl groups is 1. The van der Waals surface area contributed by atoms with Crippen LogP contribution in [0.4, 0.5) is 4.79 Å². The normalized spacial score (nSPS) is 22.7. The Kier molecular flexibility index (Phi) is 5.41. The third-order valence-electron chi connectivity index (χ3n) is 3.08. The SMILES string of the molecule is CC(C)(C)OC(=O)N1CCCCC1[C@H](O)CCN. The summed E-state index contributed by atoms with van der Waals surface area (Å²) in [5.74, 6) is 0. The molecule has 0 aromatic rings. The van der Waals surface area contributed by atoms with Gasteiger partial charge in [0.2, 0.25) is 0 Å². The highest BCUT2D eigenvalue weighted by Gasteiger charge is 2.34. The monoisotopic (exact) mass is 258 g/mol. The van der Waals surface area contributed by atoms with Crippen molar-refractivity contribution < 1.29 is 14.6 Å². The number of ether oxygens (including phenoxy) is 1. The van der Waals surface area contributed by atoms with Crippen molar-refractivity contribution in [3.63, 3.8) is 0 Å². The van der Waals surface area contributed by atoms with Crippen molar-refractivity contribution in [3.8, 4) is 0 Å². The van der Waals surface area contributed by atoms with Crippen molar-refractivity contribution in [1.29, 1.82) is 0 Å². The second-order valence-electron chi connectivity index (χ2n) is 5.88. The molecular formula is C13H26N2O3. The van der Waals surface area contributed by atoms with Crippen molar-refractivity contribution in [2.75, 3.05) is 13.1 Å². The van der Waals surface area contributed by atoms with Crippen molar-refractivity contribution in [1.82, 2.24) is 4.90 Å². The number of hydrogen-bond acceptors (Lipinski definition) is 4. The van der Waals surface area contributed by atoms with Gasteiger partial charge in [0.05, 0.1) is 12.1 Å². The number of rotatable bonds is 3. The quantitative estimate of drug-likeness (QED) is 0.804. The molecule has 1 saturated heterocycles. The molecule has 0 aliphatic carbocycles. The molecule has 18 heavy (non-hydrogen) atoms. The number of hydrogen-bond donors (Lipinski definition) is 2. The summed E-state index contributed by atoms with van der Waals surface area (Å²) in [7, 11) is 0. The summed E-state index contributed by atoms with van der Waals surface area (Å²) in [6.45, 7) is 6.63. The molecule has 1 aliphatic heterocycles. The number of nitrogens with two attached hydrogens (primary N) is 1. The maximum absolute atomic E-state index is 12.1. The van der Waals surface area contributed by atoms with Gasteiger partial charge < -0.3 is 20.5 Å². The van der Waals surface area contributed by atoms with E-state index in [1.165, 1.54) is 0 Å². The van der Waals surface area contributed by atoms with Crippen LogP contribution < -0.4 is 5.73 Å². The van der Waals surface area contributed by atoms with E-state index in [2.05, 4.69) is 0 Å². The summed E-state index contributed by atoms with van der Waals surface area (Å²) in [4.78, 5) is 13.8. The van der Waals surface area contributed by atoms with Crippen molar-refractivity contribution in [3.05, 3.63) is 0 Å². The van der Waals surface area contributed by atoms with Crippen LogP contribution in [0.3, 0.4) is 0 Å². The van der Waals surface area contributed by atoms with E-state index in [0.717, 1.165) is 19.3 Å². The van der Waals surface area contributed by atoms with Crippen molar-refractivity contribution >= 4 is 6.09 Å². The van der Waals surface area contributed by atoms with Gasteiger partial charge in [-0.25, -0.2) is 4.79 Å². The fourth-order valence-electron chi connectivity index (χ4n) is 2.27. The fourth-order valence-corrected chi connectivity index (χ4v) is 2.27. The van der Waals surface area contributed by atoms with Crippen molar-refractivity contribution in [2.45, 2.75) is 64.2 Å². The first-order chi connectivity index (χ1) is 8.35. The summed E-state index contributed by atoms with van der Waals surface area (Å²) in [5.41, 5.74) is 4.96. The number of carbonyl (C=O) groups excluding carboxylic acids is 1. The Hall–Kier alpha value is -0.810. The van der Waals surface area contributed by atoms with E-state index in [1.807, 2.05) is 20.8 Å². The third-order valence-corrected chi connectivity index (χ3v) is 3.08. The molecule has 0 saturated carbocycles. The van der Waals surface area contributed by atoms with Gasteiger partial charge in [-0.1, -0.05) is 0 Å². The van der Waals surface area contributed by atoms with Gasteiger partial charge >= 0.3 is 6.09 Å². The largest absolute Gasteiger partial charge is 0.444 e. The number of aliphatic hydroxyl groups excluding tert-OH is 1. The molecule has 2 atom stereocenters. The van der Waals surface area contributed by atoms with E-state index >= 15 is 0 Å². The minimum absolute atomic E-state index is 0.155. The fraction of sp³-hybridized carbons (Fsp3) is 0.923. The van der Waals surface area contributed by atoms with Gasteiger partial charge in [-0.3, -0.25) is 0 Å². The summed E-state index contributed by atoms with van der Waals surface area (Å²) >= 11 is 0. The molecule has 106 valence electrons. The van der Waals surface area contributed by atoms with Gasteiger partial charge in [-0.15, -0.1) is 0 Å². The second kappa shape index (κ2) is 6.38. The minimum atomic E-state index is -0.553. The van der Waals surface area contributed by atoms with Gasteiger partial charge in [-0.2, -0.15) is 0 Å². The summed E-state index contributed by atoms with van der Waals surface area (Å²) in [5, 5.41) is 10.1. The highest BCUT2D eigenvalue weighted by atomic mass is 16.6. The lowest BCUT2D eigenvalue weighted by Crippen LogP contribution is -2.51. The molecule has 0 spiro atoms. The van der Waals surface area contributed by atoms with Crippen LogP contribution in [0.15, 0.2) is 0 Å². The average Bonchev–Trinajstić information content (AvgIpc) is 2.27. The third kappa shape index (κ3) is 4.46. The van der Waals surface area contributed by atoms with E-state index in [4.69, 9.17) is 10.5 Å². The molecule has 1 unspecified atom stereocenters. The zero-order valence-corrected chi connectivity index (χ0v) is 11.7.